The monoisotopic (exact) mass is 435 g/mol. The van der Waals surface area contributed by atoms with Gasteiger partial charge in [-0.1, -0.05) is 18.2 Å². The van der Waals surface area contributed by atoms with Crippen LogP contribution in [0.5, 0.6) is 0 Å². The van der Waals surface area contributed by atoms with Crippen molar-refractivity contribution in [2.75, 3.05) is 36.5 Å². The molecule has 0 saturated carbocycles. The minimum atomic E-state index is -3.70. The maximum absolute atomic E-state index is 13.1. The van der Waals surface area contributed by atoms with E-state index >= 15 is 0 Å². The molecule has 4 aromatic rings. The number of benzene rings is 2. The molecule has 0 radical (unpaired) electrons. The van der Waals surface area contributed by atoms with E-state index in [1.54, 1.807) is 48.7 Å². The van der Waals surface area contributed by atoms with Gasteiger partial charge in [0.25, 0.3) is 0 Å². The molecule has 1 aliphatic rings. The molecule has 0 atom stereocenters. The Bertz CT molecular complexity index is 1300. The Kier molecular flexibility index (Phi) is 5.05. The zero-order chi connectivity index (χ0) is 21.3. The van der Waals surface area contributed by atoms with Gasteiger partial charge in [0.2, 0.25) is 15.8 Å². The van der Waals surface area contributed by atoms with E-state index in [1.807, 2.05) is 24.3 Å². The number of fused-ring (bicyclic) bond motifs is 1. The molecule has 5 rings (SSSR count). The lowest BCUT2D eigenvalue weighted by Crippen LogP contribution is -2.36. The summed E-state index contributed by atoms with van der Waals surface area (Å²) >= 11 is 0. The number of hydrogen-bond acceptors (Lipinski definition) is 7. The number of nitrogens with zero attached hydrogens (tertiary/aromatic N) is 4. The number of aromatic nitrogens is 3. The number of ether oxygens (including phenoxy) is 1. The van der Waals surface area contributed by atoms with Gasteiger partial charge in [-0.3, -0.25) is 0 Å². The van der Waals surface area contributed by atoms with E-state index in [0.29, 0.717) is 11.5 Å². The van der Waals surface area contributed by atoms with E-state index in [0.717, 1.165) is 37.7 Å². The number of sulfone groups is 1. The molecule has 0 spiro atoms. The van der Waals surface area contributed by atoms with Gasteiger partial charge in [-0.15, -0.1) is 5.10 Å². The van der Waals surface area contributed by atoms with Crippen LogP contribution in [-0.2, 0) is 14.6 Å². The molecule has 31 heavy (non-hydrogen) atoms. The maximum Gasteiger partial charge on any atom is 0.245 e. The second-order valence-corrected chi connectivity index (χ2v) is 9.07. The van der Waals surface area contributed by atoms with Gasteiger partial charge in [0.05, 0.1) is 29.8 Å². The fourth-order valence-corrected chi connectivity index (χ4v) is 4.94. The van der Waals surface area contributed by atoms with Crippen LogP contribution in [0.25, 0.3) is 5.52 Å². The predicted molar refractivity (Wildman–Crippen MR) is 118 cm³/mol. The molecule has 0 unspecified atom stereocenters. The Balaban J connectivity index is 1.42. The SMILES string of the molecule is O=S(=O)(c1ccccc1)c1ccc2cnc(Nc3ccc(N4CCOCC4)cc3)nn12. The van der Waals surface area contributed by atoms with Crippen molar-refractivity contribution in [1.29, 1.82) is 0 Å². The molecule has 2 aromatic carbocycles. The summed E-state index contributed by atoms with van der Waals surface area (Å²) in [7, 11) is -3.70. The molecule has 158 valence electrons. The number of rotatable bonds is 5. The Labute approximate surface area is 180 Å². The fraction of sp³-hybridized carbons (Fsp3) is 0.182. The second-order valence-electron chi connectivity index (χ2n) is 7.18. The molecule has 1 fully saturated rings. The first-order valence-electron chi connectivity index (χ1n) is 9.96. The average molecular weight is 436 g/mol. The quantitative estimate of drug-likeness (QED) is 0.515. The number of nitrogens with one attached hydrogen (secondary N) is 1. The zero-order valence-electron chi connectivity index (χ0n) is 16.7. The third kappa shape index (κ3) is 3.85. The summed E-state index contributed by atoms with van der Waals surface area (Å²) in [5.74, 6) is 0.312. The van der Waals surface area contributed by atoms with E-state index in [2.05, 4.69) is 20.3 Å². The number of morpholine rings is 1. The molecule has 0 bridgehead atoms. The van der Waals surface area contributed by atoms with E-state index in [9.17, 15) is 8.42 Å². The predicted octanol–water partition coefficient (Wildman–Crippen LogP) is 3.14. The lowest BCUT2D eigenvalue weighted by atomic mass is 10.2. The minimum absolute atomic E-state index is 0.0989. The Morgan fingerprint density at radius 2 is 1.65 bits per heavy atom. The van der Waals surface area contributed by atoms with Crippen molar-refractivity contribution < 1.29 is 13.2 Å². The normalized spacial score (nSPS) is 14.6. The molecule has 2 aromatic heterocycles. The van der Waals surface area contributed by atoms with Crippen LogP contribution < -0.4 is 10.2 Å². The topological polar surface area (TPSA) is 88.8 Å². The van der Waals surface area contributed by atoms with Crippen molar-refractivity contribution in [2.45, 2.75) is 9.92 Å². The van der Waals surface area contributed by atoms with Crippen molar-refractivity contribution in [1.82, 2.24) is 14.6 Å². The van der Waals surface area contributed by atoms with Gasteiger partial charge in [0.1, 0.15) is 0 Å². The molecule has 0 amide bonds. The van der Waals surface area contributed by atoms with Crippen LogP contribution in [0.3, 0.4) is 0 Å². The summed E-state index contributed by atoms with van der Waals surface area (Å²) < 4.78 is 32.9. The zero-order valence-corrected chi connectivity index (χ0v) is 17.5. The summed E-state index contributed by atoms with van der Waals surface area (Å²) in [5, 5.41) is 7.68. The Morgan fingerprint density at radius 1 is 0.903 bits per heavy atom. The first kappa shape index (κ1) is 19.5. The van der Waals surface area contributed by atoms with Gasteiger partial charge in [0, 0.05) is 24.5 Å². The van der Waals surface area contributed by atoms with Crippen molar-refractivity contribution in [3.63, 3.8) is 0 Å². The lowest BCUT2D eigenvalue weighted by Gasteiger charge is -2.28. The summed E-state index contributed by atoms with van der Waals surface area (Å²) in [6, 6.07) is 19.5. The number of anilines is 3. The summed E-state index contributed by atoms with van der Waals surface area (Å²) in [4.78, 5) is 6.82. The largest absolute Gasteiger partial charge is 0.378 e. The van der Waals surface area contributed by atoms with Crippen LogP contribution in [0.15, 0.2) is 82.8 Å². The summed E-state index contributed by atoms with van der Waals surface area (Å²) in [6.07, 6.45) is 1.60. The van der Waals surface area contributed by atoms with E-state index in [1.165, 1.54) is 4.52 Å². The molecule has 8 nitrogen and oxygen atoms in total. The van der Waals surface area contributed by atoms with E-state index in [-0.39, 0.29) is 9.92 Å². The van der Waals surface area contributed by atoms with Crippen LogP contribution in [0.4, 0.5) is 17.3 Å². The molecule has 1 N–H and O–H groups in total. The van der Waals surface area contributed by atoms with Gasteiger partial charge in [-0.2, -0.15) is 0 Å². The van der Waals surface area contributed by atoms with Crippen LogP contribution >= 0.6 is 0 Å². The van der Waals surface area contributed by atoms with E-state index in [4.69, 9.17) is 4.74 Å². The summed E-state index contributed by atoms with van der Waals surface area (Å²) in [6.45, 7) is 3.22. The molecule has 0 aliphatic carbocycles. The maximum atomic E-state index is 13.1. The van der Waals surface area contributed by atoms with Gasteiger partial charge in [0.15, 0.2) is 5.03 Å². The molecule has 3 heterocycles. The Morgan fingerprint density at radius 3 is 2.39 bits per heavy atom. The third-order valence-corrected chi connectivity index (χ3v) is 6.94. The first-order chi connectivity index (χ1) is 15.1. The lowest BCUT2D eigenvalue weighted by molar-refractivity contribution is 0.122. The standard InChI is InChI=1S/C22H21N5O3S/c28-31(29,20-4-2-1-3-5-20)21-11-10-19-16-23-22(25-27(19)21)24-17-6-8-18(9-7-17)26-12-14-30-15-13-26/h1-11,16H,12-15H2,(H,24,25). The average Bonchev–Trinajstić information content (AvgIpc) is 3.25. The molecule has 1 saturated heterocycles. The van der Waals surface area contributed by atoms with Crippen molar-refractivity contribution in [3.8, 4) is 0 Å². The van der Waals surface area contributed by atoms with Crippen LogP contribution in [-0.4, -0.2) is 49.3 Å². The highest BCUT2D eigenvalue weighted by Gasteiger charge is 2.22. The summed E-state index contributed by atoms with van der Waals surface area (Å²) in [5.41, 5.74) is 2.55. The first-order valence-corrected chi connectivity index (χ1v) is 11.4. The second kappa shape index (κ2) is 8.01. The molecular formula is C22H21N5O3S. The van der Waals surface area contributed by atoms with Crippen LogP contribution in [0.2, 0.25) is 0 Å². The molecular weight excluding hydrogens is 414 g/mol. The third-order valence-electron chi connectivity index (χ3n) is 5.19. The molecule has 1 aliphatic heterocycles. The van der Waals surface area contributed by atoms with Gasteiger partial charge >= 0.3 is 0 Å². The van der Waals surface area contributed by atoms with Gasteiger partial charge in [-0.05, 0) is 48.5 Å². The highest BCUT2D eigenvalue weighted by molar-refractivity contribution is 7.91. The minimum Gasteiger partial charge on any atom is -0.378 e. The Hall–Kier alpha value is -3.43. The van der Waals surface area contributed by atoms with Crippen molar-refractivity contribution in [2.24, 2.45) is 0 Å². The van der Waals surface area contributed by atoms with Crippen molar-refractivity contribution in [3.05, 3.63) is 72.9 Å². The van der Waals surface area contributed by atoms with Crippen LogP contribution in [0, 0.1) is 0 Å². The van der Waals surface area contributed by atoms with Gasteiger partial charge < -0.3 is 15.0 Å². The number of hydrogen-bond donors (Lipinski definition) is 1. The highest BCUT2D eigenvalue weighted by atomic mass is 32.2. The highest BCUT2D eigenvalue weighted by Crippen LogP contribution is 2.24. The molecule has 9 heteroatoms. The smallest absolute Gasteiger partial charge is 0.245 e. The van der Waals surface area contributed by atoms with E-state index < -0.39 is 9.84 Å². The fourth-order valence-electron chi connectivity index (χ4n) is 3.56. The van der Waals surface area contributed by atoms with Crippen LogP contribution in [0.1, 0.15) is 0 Å². The van der Waals surface area contributed by atoms with Gasteiger partial charge in [-0.25, -0.2) is 17.9 Å². The van der Waals surface area contributed by atoms with Crippen molar-refractivity contribution >= 4 is 32.7 Å².